The lowest BCUT2D eigenvalue weighted by molar-refractivity contribution is 0.227. The van der Waals surface area contributed by atoms with Gasteiger partial charge in [0.25, 0.3) is 0 Å². The van der Waals surface area contributed by atoms with Crippen molar-refractivity contribution in [2.45, 2.75) is 20.0 Å². The molecule has 0 amide bonds. The number of rotatable bonds is 5. The van der Waals surface area contributed by atoms with Gasteiger partial charge >= 0.3 is 0 Å². The molecule has 0 aliphatic rings. The Morgan fingerprint density at radius 1 is 1.42 bits per heavy atom. The third-order valence-electron chi connectivity index (χ3n) is 3.46. The Labute approximate surface area is 144 Å². The Bertz CT molecular complexity index is 807. The molecular formula is C17H18ClFN4O. The first kappa shape index (κ1) is 17.7. The van der Waals surface area contributed by atoms with E-state index in [1.807, 2.05) is 0 Å². The number of anilines is 1. The quantitative estimate of drug-likeness (QED) is 0.713. The average Bonchev–Trinajstić information content (AvgIpc) is 2.53. The predicted molar refractivity (Wildman–Crippen MR) is 94.7 cm³/mol. The Balaban J connectivity index is 2.35. The predicted octanol–water partition coefficient (Wildman–Crippen LogP) is 3.94. The number of aromatic nitrogens is 1. The van der Waals surface area contributed by atoms with Crippen LogP contribution in [-0.2, 0) is 0 Å². The van der Waals surface area contributed by atoms with Crippen molar-refractivity contribution in [1.29, 1.82) is 5.41 Å². The molecule has 0 aliphatic heterocycles. The molecule has 1 unspecified atom stereocenters. The van der Waals surface area contributed by atoms with E-state index in [2.05, 4.69) is 4.98 Å². The van der Waals surface area contributed by atoms with Gasteiger partial charge in [0.05, 0.1) is 0 Å². The molecule has 1 atom stereocenters. The number of benzene rings is 1. The van der Waals surface area contributed by atoms with Crippen LogP contribution in [0.15, 0.2) is 36.7 Å². The molecule has 126 valence electrons. The van der Waals surface area contributed by atoms with Crippen LogP contribution < -0.4 is 16.2 Å². The monoisotopic (exact) mass is 348 g/mol. The lowest BCUT2D eigenvalue weighted by Crippen LogP contribution is -2.08. The fourth-order valence-corrected chi connectivity index (χ4v) is 2.49. The van der Waals surface area contributed by atoms with Crippen LogP contribution in [0.5, 0.6) is 5.75 Å². The van der Waals surface area contributed by atoms with Crippen molar-refractivity contribution in [1.82, 2.24) is 4.98 Å². The van der Waals surface area contributed by atoms with E-state index in [9.17, 15) is 4.39 Å². The van der Waals surface area contributed by atoms with Crippen molar-refractivity contribution in [2.24, 2.45) is 5.73 Å². The molecule has 2 aromatic rings. The lowest BCUT2D eigenvalue weighted by atomic mass is 10.0. The molecule has 0 fully saturated rings. The van der Waals surface area contributed by atoms with Gasteiger partial charge in [-0.1, -0.05) is 11.6 Å². The minimum Gasteiger partial charge on any atom is -0.482 e. The zero-order valence-corrected chi connectivity index (χ0v) is 14.1. The van der Waals surface area contributed by atoms with Crippen LogP contribution in [0.4, 0.5) is 10.2 Å². The SMILES string of the molecule is CC(=N)/C(=C\N)c1cnc(N)c(OC(C)c2cc(F)ccc2Cl)c1. The van der Waals surface area contributed by atoms with Gasteiger partial charge < -0.3 is 21.6 Å². The molecule has 2 rings (SSSR count). The van der Waals surface area contributed by atoms with Crippen LogP contribution in [0.2, 0.25) is 5.02 Å². The van der Waals surface area contributed by atoms with Gasteiger partial charge in [0, 0.05) is 39.8 Å². The highest BCUT2D eigenvalue weighted by atomic mass is 35.5. The standard InChI is InChI=1S/C17H18ClFN4O/c1-9(21)14(7-20)11-5-16(17(22)23-8-11)24-10(2)13-6-12(19)3-4-15(13)18/h3-8,10,21H,20H2,1-2H3,(H2,22,23)/b14-7+,21-9?. The maximum Gasteiger partial charge on any atom is 0.166 e. The maximum absolute atomic E-state index is 13.4. The number of nitrogens with two attached hydrogens (primary N) is 2. The van der Waals surface area contributed by atoms with Crippen LogP contribution in [0.3, 0.4) is 0 Å². The highest BCUT2D eigenvalue weighted by Gasteiger charge is 2.16. The summed E-state index contributed by atoms with van der Waals surface area (Å²) in [6.45, 7) is 3.35. The fraction of sp³-hybridized carbons (Fsp3) is 0.176. The van der Waals surface area contributed by atoms with Gasteiger partial charge in [-0.05, 0) is 38.1 Å². The molecule has 0 radical (unpaired) electrons. The normalized spacial score (nSPS) is 12.8. The van der Waals surface area contributed by atoms with Crippen molar-refractivity contribution in [3.05, 3.63) is 58.6 Å². The molecular weight excluding hydrogens is 331 g/mol. The molecule has 7 heteroatoms. The van der Waals surface area contributed by atoms with Crippen LogP contribution in [0, 0.1) is 11.2 Å². The van der Waals surface area contributed by atoms with E-state index in [-0.39, 0.29) is 11.5 Å². The van der Waals surface area contributed by atoms with Gasteiger partial charge in [-0.3, -0.25) is 0 Å². The average molecular weight is 349 g/mol. The Morgan fingerprint density at radius 3 is 2.75 bits per heavy atom. The highest BCUT2D eigenvalue weighted by Crippen LogP contribution is 2.31. The van der Waals surface area contributed by atoms with Crippen LogP contribution in [0.1, 0.15) is 31.1 Å². The van der Waals surface area contributed by atoms with E-state index < -0.39 is 11.9 Å². The van der Waals surface area contributed by atoms with Gasteiger partial charge in [0.15, 0.2) is 11.6 Å². The smallest absolute Gasteiger partial charge is 0.166 e. The van der Waals surface area contributed by atoms with E-state index in [1.165, 1.54) is 30.6 Å². The molecule has 0 saturated carbocycles. The lowest BCUT2D eigenvalue weighted by Gasteiger charge is -2.18. The van der Waals surface area contributed by atoms with Crippen molar-refractivity contribution in [3.8, 4) is 5.75 Å². The van der Waals surface area contributed by atoms with Crippen LogP contribution in [0.25, 0.3) is 5.57 Å². The van der Waals surface area contributed by atoms with Gasteiger partial charge in [-0.15, -0.1) is 0 Å². The van der Waals surface area contributed by atoms with Gasteiger partial charge in [-0.2, -0.15) is 0 Å². The highest BCUT2D eigenvalue weighted by molar-refractivity contribution is 6.31. The summed E-state index contributed by atoms with van der Waals surface area (Å²) in [5.74, 6) is 0.0792. The minimum atomic E-state index is -0.543. The second-order valence-electron chi connectivity index (χ2n) is 5.24. The number of allylic oxidation sites excluding steroid dienone is 1. The Hall–Kier alpha value is -2.60. The van der Waals surface area contributed by atoms with E-state index >= 15 is 0 Å². The number of halogens is 2. The summed E-state index contributed by atoms with van der Waals surface area (Å²) in [5.41, 5.74) is 13.3. The van der Waals surface area contributed by atoms with E-state index in [1.54, 1.807) is 19.9 Å². The minimum absolute atomic E-state index is 0.178. The Morgan fingerprint density at radius 2 is 2.12 bits per heavy atom. The van der Waals surface area contributed by atoms with Gasteiger partial charge in [0.1, 0.15) is 11.9 Å². The Kier molecular flexibility index (Phi) is 5.41. The maximum atomic E-state index is 13.4. The molecule has 1 heterocycles. The molecule has 1 aromatic carbocycles. The van der Waals surface area contributed by atoms with Gasteiger partial charge in [-0.25, -0.2) is 9.37 Å². The number of hydrogen-bond acceptors (Lipinski definition) is 5. The first-order chi connectivity index (χ1) is 11.3. The number of nitrogens with one attached hydrogen (secondary N) is 1. The summed E-state index contributed by atoms with van der Waals surface area (Å²) < 4.78 is 19.2. The number of nitrogen functional groups attached to an aromatic ring is 1. The largest absolute Gasteiger partial charge is 0.482 e. The number of hydrogen-bond donors (Lipinski definition) is 3. The third-order valence-corrected chi connectivity index (χ3v) is 3.81. The second kappa shape index (κ2) is 7.31. The van der Waals surface area contributed by atoms with Crippen LogP contribution >= 0.6 is 11.6 Å². The zero-order chi connectivity index (χ0) is 17.9. The summed E-state index contributed by atoms with van der Waals surface area (Å²) in [6, 6.07) is 5.70. The van der Waals surface area contributed by atoms with Crippen molar-refractivity contribution in [3.63, 3.8) is 0 Å². The number of ether oxygens (including phenoxy) is 1. The molecule has 0 bridgehead atoms. The summed E-state index contributed by atoms with van der Waals surface area (Å²) in [5, 5.41) is 8.13. The third kappa shape index (κ3) is 3.83. The summed E-state index contributed by atoms with van der Waals surface area (Å²) in [4.78, 5) is 4.07. The van der Waals surface area contributed by atoms with Crippen molar-refractivity contribution in [2.75, 3.05) is 5.73 Å². The molecule has 24 heavy (non-hydrogen) atoms. The number of pyridine rings is 1. The molecule has 1 aromatic heterocycles. The molecule has 5 N–H and O–H groups in total. The van der Waals surface area contributed by atoms with Gasteiger partial charge in [0.2, 0.25) is 0 Å². The van der Waals surface area contributed by atoms with Crippen molar-refractivity contribution < 1.29 is 9.13 Å². The van der Waals surface area contributed by atoms with Crippen LogP contribution in [-0.4, -0.2) is 10.7 Å². The topological polar surface area (TPSA) is 98.0 Å². The van der Waals surface area contributed by atoms with E-state index in [4.69, 9.17) is 33.2 Å². The first-order valence-corrected chi connectivity index (χ1v) is 7.56. The summed E-state index contributed by atoms with van der Waals surface area (Å²) in [7, 11) is 0. The molecule has 0 spiro atoms. The first-order valence-electron chi connectivity index (χ1n) is 7.18. The molecule has 0 saturated heterocycles. The fourth-order valence-electron chi connectivity index (χ4n) is 2.21. The number of nitrogens with zero attached hydrogens (tertiary/aromatic N) is 1. The molecule has 0 aliphatic carbocycles. The van der Waals surface area contributed by atoms with Crippen molar-refractivity contribution >= 4 is 28.7 Å². The van der Waals surface area contributed by atoms with E-state index in [0.29, 0.717) is 27.5 Å². The summed E-state index contributed by atoms with van der Waals surface area (Å²) in [6.07, 6.45) is 2.30. The molecule has 5 nitrogen and oxygen atoms in total. The summed E-state index contributed by atoms with van der Waals surface area (Å²) >= 11 is 6.10. The van der Waals surface area contributed by atoms with E-state index in [0.717, 1.165) is 0 Å². The second-order valence-corrected chi connectivity index (χ2v) is 5.65. The zero-order valence-electron chi connectivity index (χ0n) is 13.3.